The highest BCUT2D eigenvalue weighted by molar-refractivity contribution is 7.46. The first kappa shape index (κ1) is 46.7. The van der Waals surface area contributed by atoms with E-state index in [1.165, 1.54) is 83.1 Å². The highest BCUT2D eigenvalue weighted by atomic mass is 31.2. The van der Waals surface area contributed by atoms with Gasteiger partial charge in [0.05, 0.1) is 6.61 Å². The average Bonchev–Trinajstić information content (AvgIpc) is 3.06. The first-order valence-corrected chi connectivity index (χ1v) is 20.4. The lowest BCUT2D eigenvalue weighted by atomic mass is 10.0. The largest absolute Gasteiger partial charge is 0.469 e. The smallest absolute Gasteiger partial charge is 0.462 e. The number of ether oxygens (including phenoxy) is 2. The van der Waals surface area contributed by atoms with Crippen molar-refractivity contribution in [1.82, 2.24) is 0 Å². The lowest BCUT2D eigenvalue weighted by Gasteiger charge is -2.18. The summed E-state index contributed by atoms with van der Waals surface area (Å²) in [6.07, 6.45) is 36.9. The van der Waals surface area contributed by atoms with Crippen LogP contribution in [0.4, 0.5) is 0 Å². The van der Waals surface area contributed by atoms with E-state index in [2.05, 4.69) is 42.7 Å². The molecule has 0 aromatic carbocycles. The number of hydrogen-bond donors (Lipinski definition) is 2. The zero-order valence-electron chi connectivity index (χ0n) is 30.6. The van der Waals surface area contributed by atoms with E-state index in [9.17, 15) is 18.9 Å². The molecule has 0 radical (unpaired) electrons. The van der Waals surface area contributed by atoms with Crippen molar-refractivity contribution in [2.75, 3.05) is 13.2 Å². The van der Waals surface area contributed by atoms with Crippen molar-refractivity contribution in [3.05, 3.63) is 48.6 Å². The summed E-state index contributed by atoms with van der Waals surface area (Å²) in [5, 5.41) is 0. The Hall–Kier alpha value is -2.32. The third-order valence-electron chi connectivity index (χ3n) is 7.83. The number of unbranched alkanes of at least 4 members (excludes halogenated alkanes) is 15. The van der Waals surface area contributed by atoms with E-state index in [1.54, 1.807) is 6.08 Å². The molecular formula is C39H67O9P. The van der Waals surface area contributed by atoms with Crippen LogP contribution in [0.15, 0.2) is 48.6 Å². The number of carbonyl (C=O) groups is 3. The SMILES string of the molecule is CCCCC/C=C\C/C=C\C/C=C\C=C\C(=O)CCCC(=O)O[C@H](COC(=O)CCCCCCCCCCCCCCC)COP(=O)(O)O. The first-order chi connectivity index (χ1) is 23.7. The first-order valence-electron chi connectivity index (χ1n) is 18.9. The van der Waals surface area contributed by atoms with Crippen molar-refractivity contribution in [1.29, 1.82) is 0 Å². The molecule has 0 aliphatic rings. The van der Waals surface area contributed by atoms with Gasteiger partial charge in [0, 0.05) is 19.3 Å². The number of esters is 2. The van der Waals surface area contributed by atoms with Crippen molar-refractivity contribution >= 4 is 25.5 Å². The maximum atomic E-state index is 12.3. The highest BCUT2D eigenvalue weighted by Gasteiger charge is 2.23. The fourth-order valence-electron chi connectivity index (χ4n) is 4.97. The van der Waals surface area contributed by atoms with Gasteiger partial charge >= 0.3 is 19.8 Å². The second kappa shape index (κ2) is 34.1. The van der Waals surface area contributed by atoms with Crippen LogP contribution in [0.1, 0.15) is 162 Å². The Morgan fingerprint density at radius 2 is 1.12 bits per heavy atom. The van der Waals surface area contributed by atoms with E-state index in [1.807, 2.05) is 12.2 Å². The van der Waals surface area contributed by atoms with Crippen molar-refractivity contribution in [3.63, 3.8) is 0 Å². The predicted octanol–water partition coefficient (Wildman–Crippen LogP) is 10.4. The molecule has 0 aliphatic heterocycles. The Labute approximate surface area is 297 Å². The number of rotatable bonds is 34. The number of hydrogen-bond acceptors (Lipinski definition) is 7. The standard InChI is InChI=1S/C39H67O9P/c1-3-5-7-9-11-13-15-17-19-21-23-25-27-30-36(40)31-29-33-39(42)48-37(35-47-49(43,44)45)34-46-38(41)32-28-26-24-22-20-18-16-14-12-10-8-6-4-2/h11,13,17,19,23,25,27,30,37H,3-10,12,14-16,18,20-22,24,26,28-29,31-35H2,1-2H3,(H2,43,44,45)/b13-11-,19-17-,25-23-,30-27+/t37-/m1/s1. The lowest BCUT2D eigenvalue weighted by Crippen LogP contribution is -2.29. The minimum atomic E-state index is -4.81. The lowest BCUT2D eigenvalue weighted by molar-refractivity contribution is -0.161. The number of phosphoric acid groups is 1. The second-order valence-electron chi connectivity index (χ2n) is 12.6. The molecule has 9 nitrogen and oxygen atoms in total. The van der Waals surface area contributed by atoms with Crippen molar-refractivity contribution in [2.45, 2.75) is 168 Å². The molecule has 0 bridgehead atoms. The topological polar surface area (TPSA) is 136 Å². The Morgan fingerprint density at radius 1 is 0.592 bits per heavy atom. The Balaban J connectivity index is 4.19. The molecule has 0 aliphatic carbocycles. The molecule has 0 aromatic heterocycles. The summed E-state index contributed by atoms with van der Waals surface area (Å²) in [6.45, 7) is 3.44. The van der Waals surface area contributed by atoms with Crippen LogP contribution in [0.5, 0.6) is 0 Å². The zero-order valence-corrected chi connectivity index (χ0v) is 31.5. The maximum Gasteiger partial charge on any atom is 0.469 e. The van der Waals surface area contributed by atoms with Gasteiger partial charge in [-0.3, -0.25) is 18.9 Å². The zero-order chi connectivity index (χ0) is 36.3. The van der Waals surface area contributed by atoms with E-state index in [0.717, 1.165) is 38.5 Å². The monoisotopic (exact) mass is 710 g/mol. The van der Waals surface area contributed by atoms with Crippen molar-refractivity contribution in [3.8, 4) is 0 Å². The summed E-state index contributed by atoms with van der Waals surface area (Å²) in [4.78, 5) is 54.7. The van der Waals surface area contributed by atoms with Crippen LogP contribution in [0, 0.1) is 0 Å². The quantitative estimate of drug-likeness (QED) is 0.0167. The highest BCUT2D eigenvalue weighted by Crippen LogP contribution is 2.36. The number of phosphoric ester groups is 1. The average molecular weight is 711 g/mol. The van der Waals surface area contributed by atoms with Gasteiger partial charge in [-0.2, -0.15) is 0 Å². The Kier molecular flexibility index (Phi) is 32.5. The molecule has 0 amide bonds. The van der Waals surface area contributed by atoms with Crippen LogP contribution >= 0.6 is 7.82 Å². The molecule has 0 rings (SSSR count). The molecule has 0 saturated heterocycles. The third-order valence-corrected chi connectivity index (χ3v) is 8.31. The third kappa shape index (κ3) is 36.8. The van der Waals surface area contributed by atoms with Crippen molar-refractivity contribution in [2.24, 2.45) is 0 Å². The van der Waals surface area contributed by atoms with Crippen LogP contribution < -0.4 is 0 Å². The fourth-order valence-corrected chi connectivity index (χ4v) is 5.33. The van der Waals surface area contributed by atoms with Gasteiger partial charge in [-0.25, -0.2) is 4.57 Å². The molecule has 2 N–H and O–H groups in total. The van der Waals surface area contributed by atoms with E-state index >= 15 is 0 Å². The summed E-state index contributed by atoms with van der Waals surface area (Å²) in [5.41, 5.74) is 0. The van der Waals surface area contributed by atoms with Crippen LogP contribution in [0.25, 0.3) is 0 Å². The minimum absolute atomic E-state index is 0.0768. The van der Waals surface area contributed by atoms with E-state index in [-0.39, 0.29) is 38.1 Å². The normalized spacial score (nSPS) is 12.9. The minimum Gasteiger partial charge on any atom is -0.462 e. The molecule has 0 heterocycles. The van der Waals surface area contributed by atoms with Crippen LogP contribution in [0.2, 0.25) is 0 Å². The van der Waals surface area contributed by atoms with Gasteiger partial charge in [0.1, 0.15) is 6.61 Å². The molecule has 0 unspecified atom stereocenters. The number of ketones is 1. The summed E-state index contributed by atoms with van der Waals surface area (Å²) in [7, 11) is -4.81. The number of allylic oxidation sites excluding steroid dienone is 8. The summed E-state index contributed by atoms with van der Waals surface area (Å²) < 4.78 is 26.1. The maximum absolute atomic E-state index is 12.3. The molecule has 0 fully saturated rings. The van der Waals surface area contributed by atoms with Gasteiger partial charge in [0.25, 0.3) is 0 Å². The van der Waals surface area contributed by atoms with Gasteiger partial charge in [0.15, 0.2) is 11.9 Å². The van der Waals surface area contributed by atoms with E-state index in [4.69, 9.17) is 19.3 Å². The summed E-state index contributed by atoms with van der Waals surface area (Å²) in [6, 6.07) is 0. The van der Waals surface area contributed by atoms with E-state index < -0.39 is 32.5 Å². The second-order valence-corrected chi connectivity index (χ2v) is 13.8. The molecule has 282 valence electrons. The molecule has 10 heteroatoms. The Bertz CT molecular complexity index is 996. The summed E-state index contributed by atoms with van der Waals surface area (Å²) >= 11 is 0. The molecular weight excluding hydrogens is 643 g/mol. The van der Waals surface area contributed by atoms with Gasteiger partial charge in [-0.15, -0.1) is 0 Å². The van der Waals surface area contributed by atoms with Gasteiger partial charge in [-0.05, 0) is 44.6 Å². The van der Waals surface area contributed by atoms with Crippen LogP contribution in [-0.2, 0) is 32.9 Å². The van der Waals surface area contributed by atoms with Gasteiger partial charge in [0.2, 0.25) is 0 Å². The van der Waals surface area contributed by atoms with Gasteiger partial charge < -0.3 is 19.3 Å². The summed E-state index contributed by atoms with van der Waals surface area (Å²) in [5.74, 6) is -1.27. The van der Waals surface area contributed by atoms with Crippen molar-refractivity contribution < 1.29 is 42.7 Å². The van der Waals surface area contributed by atoms with Crippen LogP contribution in [0.3, 0.4) is 0 Å². The number of carbonyl (C=O) groups excluding carboxylic acids is 3. The molecule has 0 aromatic rings. The molecule has 1 atom stereocenters. The van der Waals surface area contributed by atoms with Crippen LogP contribution in [-0.4, -0.2) is 46.8 Å². The van der Waals surface area contributed by atoms with E-state index in [0.29, 0.717) is 6.42 Å². The predicted molar refractivity (Wildman–Crippen MR) is 198 cm³/mol. The molecule has 0 saturated carbocycles. The Morgan fingerprint density at radius 3 is 1.73 bits per heavy atom. The fraction of sp³-hybridized carbons (Fsp3) is 0.718. The molecule has 49 heavy (non-hydrogen) atoms. The van der Waals surface area contributed by atoms with Gasteiger partial charge in [-0.1, -0.05) is 146 Å². The molecule has 0 spiro atoms.